The molecule has 2 rings (SSSR count). The van der Waals surface area contributed by atoms with Gasteiger partial charge in [-0.25, -0.2) is 14.4 Å². The van der Waals surface area contributed by atoms with E-state index in [4.69, 9.17) is 11.6 Å². The van der Waals surface area contributed by atoms with Crippen LogP contribution in [0.3, 0.4) is 0 Å². The maximum Gasteiger partial charge on any atom is 0.161 e. The summed E-state index contributed by atoms with van der Waals surface area (Å²) in [6.07, 6.45) is 1.00. The molecule has 0 amide bonds. The second kappa shape index (κ2) is 5.97. The van der Waals surface area contributed by atoms with Crippen molar-refractivity contribution in [3.05, 3.63) is 40.8 Å². The Kier molecular flexibility index (Phi) is 4.32. The molecular weight excluding hydrogens is 265 g/mol. The van der Waals surface area contributed by atoms with Crippen LogP contribution in [0.5, 0.6) is 0 Å². The standard InChI is InChI=1S/C14H15ClFN3/c1-3-4-17-13-5-9(2)18-14(19-13)10-6-11(15)8-12(16)7-10/h5-8H,3-4H2,1-2H3,(H,17,18,19). The molecular formula is C14H15ClFN3. The molecule has 0 aliphatic heterocycles. The Morgan fingerprint density at radius 2 is 2.00 bits per heavy atom. The van der Waals surface area contributed by atoms with Crippen LogP contribution >= 0.6 is 11.6 Å². The summed E-state index contributed by atoms with van der Waals surface area (Å²) >= 11 is 5.85. The summed E-state index contributed by atoms with van der Waals surface area (Å²) in [6, 6.07) is 6.16. The van der Waals surface area contributed by atoms with Crippen molar-refractivity contribution in [3.63, 3.8) is 0 Å². The van der Waals surface area contributed by atoms with Gasteiger partial charge in [0.1, 0.15) is 11.6 Å². The lowest BCUT2D eigenvalue weighted by atomic mass is 10.2. The fourth-order valence-corrected chi connectivity index (χ4v) is 1.95. The third-order valence-corrected chi connectivity index (χ3v) is 2.75. The van der Waals surface area contributed by atoms with Crippen LogP contribution in [0, 0.1) is 12.7 Å². The van der Waals surface area contributed by atoms with Crippen molar-refractivity contribution >= 4 is 17.4 Å². The average molecular weight is 280 g/mol. The van der Waals surface area contributed by atoms with Crippen molar-refractivity contribution in [1.29, 1.82) is 0 Å². The number of nitrogens with zero attached hydrogens (tertiary/aromatic N) is 2. The molecule has 1 aromatic heterocycles. The minimum Gasteiger partial charge on any atom is -0.370 e. The van der Waals surface area contributed by atoms with Crippen LogP contribution in [0.4, 0.5) is 10.2 Å². The molecule has 0 bridgehead atoms. The minimum absolute atomic E-state index is 0.336. The van der Waals surface area contributed by atoms with Gasteiger partial charge in [0.25, 0.3) is 0 Å². The summed E-state index contributed by atoms with van der Waals surface area (Å²) in [6.45, 7) is 4.79. The molecule has 0 fully saturated rings. The van der Waals surface area contributed by atoms with E-state index in [1.807, 2.05) is 13.0 Å². The van der Waals surface area contributed by atoms with Gasteiger partial charge in [0.2, 0.25) is 0 Å². The highest BCUT2D eigenvalue weighted by Crippen LogP contribution is 2.23. The van der Waals surface area contributed by atoms with Gasteiger partial charge in [-0.3, -0.25) is 0 Å². The van der Waals surface area contributed by atoms with Gasteiger partial charge in [-0.1, -0.05) is 18.5 Å². The normalized spacial score (nSPS) is 10.5. The zero-order valence-corrected chi connectivity index (χ0v) is 11.6. The van der Waals surface area contributed by atoms with E-state index in [0.717, 1.165) is 24.5 Å². The maximum atomic E-state index is 13.4. The first-order valence-electron chi connectivity index (χ1n) is 6.14. The average Bonchev–Trinajstić information content (AvgIpc) is 2.34. The van der Waals surface area contributed by atoms with E-state index < -0.39 is 5.82 Å². The van der Waals surface area contributed by atoms with Crippen LogP contribution < -0.4 is 5.32 Å². The predicted octanol–water partition coefficient (Wildman–Crippen LogP) is 4.07. The quantitative estimate of drug-likeness (QED) is 0.917. The van der Waals surface area contributed by atoms with Gasteiger partial charge in [0, 0.05) is 28.9 Å². The Balaban J connectivity index is 2.40. The molecule has 19 heavy (non-hydrogen) atoms. The van der Waals surface area contributed by atoms with Gasteiger partial charge >= 0.3 is 0 Å². The van der Waals surface area contributed by atoms with Crippen LogP contribution in [-0.2, 0) is 0 Å². The summed E-state index contributed by atoms with van der Waals surface area (Å²) in [5, 5.41) is 3.53. The highest BCUT2D eigenvalue weighted by Gasteiger charge is 2.07. The lowest BCUT2D eigenvalue weighted by Crippen LogP contribution is -2.04. The maximum absolute atomic E-state index is 13.4. The van der Waals surface area contributed by atoms with E-state index in [0.29, 0.717) is 16.4 Å². The number of rotatable bonds is 4. The van der Waals surface area contributed by atoms with E-state index in [-0.39, 0.29) is 0 Å². The van der Waals surface area contributed by atoms with E-state index >= 15 is 0 Å². The Morgan fingerprint density at radius 1 is 1.21 bits per heavy atom. The largest absolute Gasteiger partial charge is 0.370 e. The molecule has 0 atom stereocenters. The number of benzene rings is 1. The highest BCUT2D eigenvalue weighted by atomic mass is 35.5. The van der Waals surface area contributed by atoms with E-state index in [1.54, 1.807) is 6.07 Å². The van der Waals surface area contributed by atoms with Gasteiger partial charge in [-0.15, -0.1) is 0 Å². The van der Waals surface area contributed by atoms with Gasteiger partial charge < -0.3 is 5.32 Å². The smallest absolute Gasteiger partial charge is 0.161 e. The van der Waals surface area contributed by atoms with Crippen LogP contribution in [-0.4, -0.2) is 16.5 Å². The fourth-order valence-electron chi connectivity index (χ4n) is 1.72. The fraction of sp³-hybridized carbons (Fsp3) is 0.286. The molecule has 0 aliphatic rings. The molecule has 0 radical (unpaired) electrons. The minimum atomic E-state index is -0.393. The van der Waals surface area contributed by atoms with Crippen LogP contribution in [0.2, 0.25) is 5.02 Å². The molecule has 0 saturated carbocycles. The highest BCUT2D eigenvalue weighted by molar-refractivity contribution is 6.30. The lowest BCUT2D eigenvalue weighted by molar-refractivity contribution is 0.628. The number of aromatic nitrogens is 2. The Bertz CT molecular complexity index is 567. The number of anilines is 1. The Morgan fingerprint density at radius 3 is 2.68 bits per heavy atom. The van der Waals surface area contributed by atoms with Gasteiger partial charge in [0.15, 0.2) is 5.82 Å². The number of hydrogen-bond donors (Lipinski definition) is 1. The first-order chi connectivity index (χ1) is 9.08. The number of aryl methyl sites for hydroxylation is 1. The molecule has 3 nitrogen and oxygen atoms in total. The van der Waals surface area contributed by atoms with Crippen LogP contribution in [0.15, 0.2) is 24.3 Å². The lowest BCUT2D eigenvalue weighted by Gasteiger charge is -2.08. The monoisotopic (exact) mass is 279 g/mol. The van der Waals surface area contributed by atoms with Gasteiger partial charge in [-0.2, -0.15) is 0 Å². The summed E-state index contributed by atoms with van der Waals surface area (Å²) < 4.78 is 13.4. The van der Waals surface area contributed by atoms with Crippen molar-refractivity contribution in [2.45, 2.75) is 20.3 Å². The summed E-state index contributed by atoms with van der Waals surface area (Å²) in [7, 11) is 0. The molecule has 0 spiro atoms. The second-order valence-electron chi connectivity index (χ2n) is 4.30. The molecule has 1 heterocycles. The molecule has 1 N–H and O–H groups in total. The SMILES string of the molecule is CCCNc1cc(C)nc(-c2cc(F)cc(Cl)c2)n1. The van der Waals surface area contributed by atoms with Crippen molar-refractivity contribution in [1.82, 2.24) is 9.97 Å². The van der Waals surface area contributed by atoms with Crippen molar-refractivity contribution in [2.24, 2.45) is 0 Å². The number of nitrogens with one attached hydrogen (secondary N) is 1. The molecule has 0 saturated heterocycles. The van der Waals surface area contributed by atoms with Gasteiger partial charge in [0.05, 0.1) is 0 Å². The third kappa shape index (κ3) is 3.64. The Labute approximate surface area is 116 Å². The van der Waals surface area contributed by atoms with Crippen molar-refractivity contribution in [2.75, 3.05) is 11.9 Å². The Hall–Kier alpha value is -1.68. The second-order valence-corrected chi connectivity index (χ2v) is 4.74. The molecule has 100 valence electrons. The van der Waals surface area contributed by atoms with Crippen LogP contribution in [0.1, 0.15) is 19.0 Å². The molecule has 0 unspecified atom stereocenters. The van der Waals surface area contributed by atoms with Gasteiger partial charge in [-0.05, 0) is 31.5 Å². The van der Waals surface area contributed by atoms with E-state index in [1.165, 1.54) is 12.1 Å². The molecule has 0 aliphatic carbocycles. The zero-order valence-electron chi connectivity index (χ0n) is 10.9. The zero-order chi connectivity index (χ0) is 13.8. The predicted molar refractivity (Wildman–Crippen MR) is 76.0 cm³/mol. The summed E-state index contributed by atoms with van der Waals surface area (Å²) in [5.41, 5.74) is 1.40. The first kappa shape index (κ1) is 13.7. The topological polar surface area (TPSA) is 37.8 Å². The first-order valence-corrected chi connectivity index (χ1v) is 6.52. The summed E-state index contributed by atoms with van der Waals surface area (Å²) in [5.74, 6) is 0.820. The van der Waals surface area contributed by atoms with Crippen LogP contribution in [0.25, 0.3) is 11.4 Å². The number of hydrogen-bond acceptors (Lipinski definition) is 3. The third-order valence-electron chi connectivity index (χ3n) is 2.53. The molecule has 1 aromatic carbocycles. The van der Waals surface area contributed by atoms with E-state index in [2.05, 4.69) is 22.2 Å². The van der Waals surface area contributed by atoms with Crippen molar-refractivity contribution < 1.29 is 4.39 Å². The molecule has 2 aromatic rings. The van der Waals surface area contributed by atoms with Crippen molar-refractivity contribution in [3.8, 4) is 11.4 Å². The summed E-state index contributed by atoms with van der Waals surface area (Å²) in [4.78, 5) is 8.69. The number of halogens is 2. The van der Waals surface area contributed by atoms with E-state index in [9.17, 15) is 4.39 Å². The molecule has 5 heteroatoms.